The predicted octanol–water partition coefficient (Wildman–Crippen LogP) is 10.3. The molecule has 0 bridgehead atoms. The van der Waals surface area contributed by atoms with E-state index >= 15 is 0 Å². The van der Waals surface area contributed by atoms with E-state index in [2.05, 4.69) is 57.1 Å². The van der Waals surface area contributed by atoms with Gasteiger partial charge in [-0.1, -0.05) is 128 Å². The van der Waals surface area contributed by atoms with Gasteiger partial charge in [-0.25, -0.2) is 0 Å². The fourth-order valence-electron chi connectivity index (χ4n) is 4.37. The molecule has 184 valence electrons. The summed E-state index contributed by atoms with van der Waals surface area (Å²) in [7, 11) is 4.54. The molecule has 0 aliphatic heterocycles. The zero-order valence-electron chi connectivity index (χ0n) is 22.2. The van der Waals surface area contributed by atoms with Gasteiger partial charge in [0.15, 0.2) is 0 Å². The molecule has 0 saturated heterocycles. The van der Waals surface area contributed by atoms with Gasteiger partial charge in [0.25, 0.3) is 0 Å². The Bertz CT molecular complexity index is 382. The number of hydrogen-bond donors (Lipinski definition) is 0. The monoisotopic (exact) mass is 433 g/mol. The Balaban J connectivity index is 3.37. The predicted molar refractivity (Wildman–Crippen MR) is 144 cm³/mol. The molecule has 0 radical (unpaired) electrons. The van der Waals surface area contributed by atoms with Gasteiger partial charge in [-0.2, -0.15) is 0 Å². The van der Waals surface area contributed by atoms with E-state index in [1.165, 1.54) is 128 Å². The first-order chi connectivity index (χ1) is 15.2. The van der Waals surface area contributed by atoms with E-state index in [-0.39, 0.29) is 0 Å². The fourth-order valence-corrected chi connectivity index (χ4v) is 4.37. The van der Waals surface area contributed by atoms with Crippen molar-refractivity contribution < 1.29 is 0 Å². The van der Waals surface area contributed by atoms with Crippen molar-refractivity contribution in [1.82, 2.24) is 4.90 Å². The third-order valence-electron chi connectivity index (χ3n) is 6.61. The van der Waals surface area contributed by atoms with Crippen molar-refractivity contribution in [1.29, 1.82) is 0 Å². The van der Waals surface area contributed by atoms with Crippen molar-refractivity contribution in [2.24, 2.45) is 0 Å². The molecule has 1 unspecified atom stereocenters. The molecule has 0 rings (SSSR count). The van der Waals surface area contributed by atoms with Gasteiger partial charge in [-0.3, -0.25) is 0 Å². The van der Waals surface area contributed by atoms with E-state index in [0.29, 0.717) is 0 Å². The normalized spacial score (nSPS) is 13.2. The summed E-state index contributed by atoms with van der Waals surface area (Å²) in [6, 6.07) is 0.813. The molecule has 0 aromatic rings. The molecule has 0 fully saturated rings. The van der Waals surface area contributed by atoms with Gasteiger partial charge >= 0.3 is 0 Å². The molecule has 31 heavy (non-hydrogen) atoms. The summed E-state index contributed by atoms with van der Waals surface area (Å²) < 4.78 is 0. The zero-order chi connectivity index (χ0) is 22.8. The Labute approximate surface area is 198 Å². The smallest absolute Gasteiger partial charge is 0.00891 e. The molecular weight excluding hydrogens is 374 g/mol. The van der Waals surface area contributed by atoms with E-state index < -0.39 is 0 Å². The van der Waals surface area contributed by atoms with Crippen LogP contribution in [0.5, 0.6) is 0 Å². The summed E-state index contributed by atoms with van der Waals surface area (Å²) in [6.45, 7) is 4.57. The van der Waals surface area contributed by atoms with Crippen LogP contribution in [0.4, 0.5) is 0 Å². The summed E-state index contributed by atoms with van der Waals surface area (Å²) in [4.78, 5) is 2.46. The van der Waals surface area contributed by atoms with Gasteiger partial charge in [0.05, 0.1) is 0 Å². The zero-order valence-corrected chi connectivity index (χ0v) is 22.2. The van der Waals surface area contributed by atoms with Gasteiger partial charge in [0.1, 0.15) is 0 Å². The molecule has 0 aliphatic carbocycles. The second-order valence-corrected chi connectivity index (χ2v) is 9.90. The minimum Gasteiger partial charge on any atom is -0.306 e. The van der Waals surface area contributed by atoms with Crippen LogP contribution in [0.1, 0.15) is 149 Å². The molecule has 1 atom stereocenters. The largest absolute Gasteiger partial charge is 0.306 e. The average Bonchev–Trinajstić information content (AvgIpc) is 2.76. The molecule has 0 aromatic carbocycles. The number of rotatable bonds is 24. The van der Waals surface area contributed by atoms with Crippen LogP contribution < -0.4 is 0 Å². The van der Waals surface area contributed by atoms with E-state index in [0.717, 1.165) is 12.5 Å². The Morgan fingerprint density at radius 3 is 1.35 bits per heavy atom. The van der Waals surface area contributed by atoms with Crippen LogP contribution >= 0.6 is 0 Å². The minimum absolute atomic E-state index is 0.813. The van der Waals surface area contributed by atoms with Crippen LogP contribution in [0.25, 0.3) is 0 Å². The average molecular weight is 434 g/mol. The van der Waals surface area contributed by atoms with Crippen molar-refractivity contribution in [2.75, 3.05) is 14.1 Å². The highest BCUT2D eigenvalue weighted by molar-refractivity contribution is 4.92. The lowest BCUT2D eigenvalue weighted by Gasteiger charge is -2.24. The Kier molecular flexibility index (Phi) is 25.2. The quantitative estimate of drug-likeness (QED) is 0.108. The molecule has 0 spiro atoms. The summed E-state index contributed by atoms with van der Waals surface area (Å²) in [6.07, 6.45) is 38.4. The maximum Gasteiger partial charge on any atom is 0.00891 e. The topological polar surface area (TPSA) is 3.24 Å². The number of nitrogens with zero attached hydrogens (tertiary/aromatic N) is 1. The Morgan fingerprint density at radius 2 is 0.871 bits per heavy atom. The molecule has 1 heteroatoms. The maximum absolute atomic E-state index is 2.46. The summed E-state index contributed by atoms with van der Waals surface area (Å²) in [5.74, 6) is 0. The molecule has 0 aliphatic rings. The Morgan fingerprint density at radius 1 is 0.484 bits per heavy atom. The SMILES string of the molecule is CCCCC/C=C/C/C=C/CCCCCCCCCCCC(CCCCCC)N(C)C. The van der Waals surface area contributed by atoms with Crippen LogP contribution in [0.3, 0.4) is 0 Å². The van der Waals surface area contributed by atoms with Crippen LogP contribution in [-0.4, -0.2) is 25.0 Å². The van der Waals surface area contributed by atoms with E-state index in [1.54, 1.807) is 0 Å². The highest BCUT2D eigenvalue weighted by Crippen LogP contribution is 2.17. The first-order valence-electron chi connectivity index (χ1n) is 14.2. The van der Waals surface area contributed by atoms with Gasteiger partial charge in [-0.15, -0.1) is 0 Å². The molecule has 1 nitrogen and oxygen atoms in total. The lowest BCUT2D eigenvalue weighted by atomic mass is 9.99. The minimum atomic E-state index is 0.813. The highest BCUT2D eigenvalue weighted by Gasteiger charge is 2.10. The maximum atomic E-state index is 2.46. The van der Waals surface area contributed by atoms with Crippen LogP contribution in [-0.2, 0) is 0 Å². The first kappa shape index (κ1) is 30.4. The summed E-state index contributed by atoms with van der Waals surface area (Å²) in [5.41, 5.74) is 0. The first-order valence-corrected chi connectivity index (χ1v) is 14.2. The van der Waals surface area contributed by atoms with Gasteiger partial charge < -0.3 is 4.90 Å². The van der Waals surface area contributed by atoms with Gasteiger partial charge in [-0.05, 0) is 59.0 Å². The molecule has 0 aromatic heterocycles. The number of unbranched alkanes of at least 4 members (excludes halogenated alkanes) is 15. The lowest BCUT2D eigenvalue weighted by Crippen LogP contribution is -2.27. The van der Waals surface area contributed by atoms with Crippen molar-refractivity contribution in [3.63, 3.8) is 0 Å². The van der Waals surface area contributed by atoms with Gasteiger partial charge in [0, 0.05) is 6.04 Å². The number of allylic oxidation sites excluding steroid dienone is 4. The van der Waals surface area contributed by atoms with Crippen LogP contribution in [0.15, 0.2) is 24.3 Å². The van der Waals surface area contributed by atoms with E-state index in [9.17, 15) is 0 Å². The fraction of sp³-hybridized carbons (Fsp3) is 0.867. The highest BCUT2D eigenvalue weighted by atomic mass is 15.1. The molecule has 0 N–H and O–H groups in total. The summed E-state index contributed by atoms with van der Waals surface area (Å²) >= 11 is 0. The standard InChI is InChI=1S/C30H59N/c1-5-7-9-11-12-13-14-15-16-17-18-19-20-21-22-23-24-25-27-29-30(31(3)4)28-26-10-8-6-2/h12-13,15-16,30H,5-11,14,17-29H2,1-4H3/b13-12+,16-15+. The van der Waals surface area contributed by atoms with Crippen molar-refractivity contribution in [3.05, 3.63) is 24.3 Å². The Hall–Kier alpha value is -0.560. The van der Waals surface area contributed by atoms with Crippen LogP contribution in [0.2, 0.25) is 0 Å². The third-order valence-corrected chi connectivity index (χ3v) is 6.61. The van der Waals surface area contributed by atoms with Gasteiger partial charge in [0.2, 0.25) is 0 Å². The molecular formula is C30H59N. The van der Waals surface area contributed by atoms with Crippen molar-refractivity contribution in [3.8, 4) is 0 Å². The molecule has 0 heterocycles. The third kappa shape index (κ3) is 23.9. The molecule has 0 saturated carbocycles. The van der Waals surface area contributed by atoms with E-state index in [1.807, 2.05) is 0 Å². The van der Waals surface area contributed by atoms with Crippen molar-refractivity contribution >= 4 is 0 Å². The second-order valence-electron chi connectivity index (χ2n) is 9.90. The second kappa shape index (κ2) is 25.7. The van der Waals surface area contributed by atoms with E-state index in [4.69, 9.17) is 0 Å². The number of hydrogen-bond acceptors (Lipinski definition) is 1. The van der Waals surface area contributed by atoms with Crippen molar-refractivity contribution in [2.45, 2.75) is 155 Å². The lowest BCUT2D eigenvalue weighted by molar-refractivity contribution is 0.251. The van der Waals surface area contributed by atoms with Crippen LogP contribution in [0, 0.1) is 0 Å². The summed E-state index contributed by atoms with van der Waals surface area (Å²) in [5, 5.41) is 0. The molecule has 0 amide bonds.